The van der Waals surface area contributed by atoms with E-state index in [1.807, 2.05) is 31.2 Å². The zero-order chi connectivity index (χ0) is 17.4. The maximum atomic E-state index is 13.6. The van der Waals surface area contributed by atoms with Crippen molar-refractivity contribution in [3.8, 4) is 5.75 Å². The number of carbonyl (C=O) groups excluding carboxylic acids is 1. The molecule has 0 aliphatic heterocycles. The van der Waals surface area contributed by atoms with Crippen molar-refractivity contribution in [2.45, 2.75) is 32.3 Å². The second-order valence-electron chi connectivity index (χ2n) is 5.47. The number of para-hydroxylation sites is 1. The van der Waals surface area contributed by atoms with E-state index in [1.165, 1.54) is 17.7 Å². The third-order valence-corrected chi connectivity index (χ3v) is 3.88. The smallest absolute Gasteiger partial charge is 0.261 e. The summed E-state index contributed by atoms with van der Waals surface area (Å²) in [5.74, 6) is -0.594. The van der Waals surface area contributed by atoms with Gasteiger partial charge in [-0.2, -0.15) is 0 Å². The van der Waals surface area contributed by atoms with Crippen molar-refractivity contribution in [2.24, 2.45) is 0 Å². The van der Waals surface area contributed by atoms with Gasteiger partial charge in [0, 0.05) is 11.6 Å². The number of hydrogen-bond acceptors (Lipinski definition) is 2. The van der Waals surface area contributed by atoms with E-state index in [-0.39, 0.29) is 11.7 Å². The molecule has 0 aliphatic carbocycles. The van der Waals surface area contributed by atoms with E-state index in [1.54, 1.807) is 12.1 Å². The maximum absolute atomic E-state index is 13.6. The Morgan fingerprint density at radius 2 is 1.92 bits per heavy atom. The van der Waals surface area contributed by atoms with Crippen LogP contribution in [0.4, 0.5) is 4.39 Å². The van der Waals surface area contributed by atoms with Crippen LogP contribution in [0.1, 0.15) is 25.3 Å². The molecule has 2 rings (SSSR count). The van der Waals surface area contributed by atoms with Crippen molar-refractivity contribution in [1.29, 1.82) is 0 Å². The van der Waals surface area contributed by atoms with Crippen molar-refractivity contribution in [1.82, 2.24) is 5.32 Å². The van der Waals surface area contributed by atoms with Gasteiger partial charge in [-0.1, -0.05) is 42.8 Å². The number of ether oxygens (including phenoxy) is 1. The van der Waals surface area contributed by atoms with Crippen molar-refractivity contribution in [2.75, 3.05) is 6.54 Å². The van der Waals surface area contributed by atoms with Gasteiger partial charge in [0.1, 0.15) is 0 Å². The molecule has 1 atom stereocenters. The van der Waals surface area contributed by atoms with E-state index in [0.717, 1.165) is 12.8 Å². The van der Waals surface area contributed by atoms with E-state index in [0.29, 0.717) is 18.0 Å². The number of aryl methyl sites for hydroxylation is 1. The lowest BCUT2D eigenvalue weighted by molar-refractivity contribution is -0.128. The van der Waals surface area contributed by atoms with Gasteiger partial charge in [-0.25, -0.2) is 4.39 Å². The first-order valence-corrected chi connectivity index (χ1v) is 8.41. The lowest BCUT2D eigenvalue weighted by atomic mass is 10.1. The molecular weight excluding hydrogens is 329 g/mol. The van der Waals surface area contributed by atoms with Crippen LogP contribution in [0.25, 0.3) is 0 Å². The number of hydrogen-bond donors (Lipinski definition) is 1. The van der Waals surface area contributed by atoms with Gasteiger partial charge in [0.25, 0.3) is 5.91 Å². The van der Waals surface area contributed by atoms with Crippen LogP contribution >= 0.6 is 11.6 Å². The number of carbonyl (C=O) groups is 1. The molecular formula is C19H21ClFNO2. The standard InChI is InChI=1S/C19H21ClFNO2/c1-2-17(24-18-8-4-3-7-16(18)21)19(23)22-13-5-6-14-9-11-15(20)12-10-14/h3-4,7-12,17H,2,5-6,13H2,1H3,(H,22,23)/t17-/m1/s1. The van der Waals surface area contributed by atoms with Gasteiger partial charge in [-0.3, -0.25) is 4.79 Å². The Morgan fingerprint density at radius 1 is 1.21 bits per heavy atom. The van der Waals surface area contributed by atoms with Gasteiger partial charge in [-0.15, -0.1) is 0 Å². The Hall–Kier alpha value is -2.07. The quantitative estimate of drug-likeness (QED) is 0.718. The molecule has 0 saturated heterocycles. The largest absolute Gasteiger partial charge is 0.478 e. The molecule has 0 fully saturated rings. The van der Waals surface area contributed by atoms with Gasteiger partial charge in [0.05, 0.1) is 0 Å². The van der Waals surface area contributed by atoms with Gasteiger partial charge >= 0.3 is 0 Å². The van der Waals surface area contributed by atoms with Crippen LogP contribution in [0.2, 0.25) is 5.02 Å². The van der Waals surface area contributed by atoms with E-state index in [4.69, 9.17) is 16.3 Å². The normalized spacial score (nSPS) is 11.8. The third-order valence-electron chi connectivity index (χ3n) is 3.62. The highest BCUT2D eigenvalue weighted by atomic mass is 35.5. The molecule has 0 aromatic heterocycles. The van der Waals surface area contributed by atoms with Crippen LogP contribution in [0.15, 0.2) is 48.5 Å². The van der Waals surface area contributed by atoms with Crippen LogP contribution in [-0.4, -0.2) is 18.6 Å². The summed E-state index contributed by atoms with van der Waals surface area (Å²) in [6.07, 6.45) is 1.43. The fourth-order valence-corrected chi connectivity index (χ4v) is 2.41. The van der Waals surface area contributed by atoms with E-state index in [2.05, 4.69) is 5.32 Å². The average molecular weight is 350 g/mol. The van der Waals surface area contributed by atoms with Crippen LogP contribution < -0.4 is 10.1 Å². The second-order valence-corrected chi connectivity index (χ2v) is 5.90. The topological polar surface area (TPSA) is 38.3 Å². The van der Waals surface area contributed by atoms with Crippen molar-refractivity contribution < 1.29 is 13.9 Å². The molecule has 0 unspecified atom stereocenters. The lowest BCUT2D eigenvalue weighted by Gasteiger charge is -2.17. The van der Waals surface area contributed by atoms with Crippen LogP contribution in [0.5, 0.6) is 5.75 Å². The summed E-state index contributed by atoms with van der Waals surface area (Å²) in [6, 6.07) is 13.7. The average Bonchev–Trinajstić information content (AvgIpc) is 2.59. The monoisotopic (exact) mass is 349 g/mol. The van der Waals surface area contributed by atoms with Crippen molar-refractivity contribution >= 4 is 17.5 Å². The summed E-state index contributed by atoms with van der Waals surface area (Å²) in [7, 11) is 0. The van der Waals surface area contributed by atoms with Crippen LogP contribution in [0.3, 0.4) is 0 Å². The molecule has 5 heteroatoms. The minimum atomic E-state index is -0.697. The molecule has 0 heterocycles. The van der Waals surface area contributed by atoms with Crippen LogP contribution in [-0.2, 0) is 11.2 Å². The van der Waals surface area contributed by atoms with E-state index >= 15 is 0 Å². The predicted molar refractivity (Wildman–Crippen MR) is 93.9 cm³/mol. The molecule has 24 heavy (non-hydrogen) atoms. The number of nitrogens with one attached hydrogen (secondary N) is 1. The number of rotatable bonds is 8. The molecule has 1 N–H and O–H groups in total. The second kappa shape index (κ2) is 9.28. The molecule has 1 amide bonds. The fraction of sp³-hybridized carbons (Fsp3) is 0.316. The van der Waals surface area contributed by atoms with Gasteiger partial charge in [-0.05, 0) is 49.1 Å². The van der Waals surface area contributed by atoms with Gasteiger partial charge < -0.3 is 10.1 Å². The summed E-state index contributed by atoms with van der Waals surface area (Å²) >= 11 is 5.85. The molecule has 0 radical (unpaired) electrons. The van der Waals surface area contributed by atoms with Gasteiger partial charge in [0.2, 0.25) is 0 Å². The maximum Gasteiger partial charge on any atom is 0.261 e. The van der Waals surface area contributed by atoms with E-state index < -0.39 is 11.9 Å². The minimum absolute atomic E-state index is 0.0978. The first-order chi connectivity index (χ1) is 11.6. The summed E-state index contributed by atoms with van der Waals surface area (Å²) in [6.45, 7) is 2.37. The Labute approximate surface area is 146 Å². The van der Waals surface area contributed by atoms with E-state index in [9.17, 15) is 9.18 Å². The first-order valence-electron chi connectivity index (χ1n) is 8.03. The molecule has 0 aliphatic rings. The molecule has 0 spiro atoms. The SMILES string of the molecule is CC[C@@H](Oc1ccccc1F)C(=O)NCCCc1ccc(Cl)cc1. The number of benzene rings is 2. The summed E-state index contributed by atoms with van der Waals surface area (Å²) in [5.41, 5.74) is 1.17. The zero-order valence-electron chi connectivity index (χ0n) is 13.6. The minimum Gasteiger partial charge on any atom is -0.478 e. The van der Waals surface area contributed by atoms with Crippen LogP contribution in [0, 0.1) is 5.82 Å². The zero-order valence-corrected chi connectivity index (χ0v) is 14.4. The summed E-state index contributed by atoms with van der Waals surface area (Å²) in [4.78, 5) is 12.2. The van der Waals surface area contributed by atoms with Crippen molar-refractivity contribution in [3.05, 3.63) is 64.9 Å². The summed E-state index contributed by atoms with van der Waals surface area (Å²) < 4.78 is 19.1. The molecule has 2 aromatic rings. The molecule has 2 aromatic carbocycles. The van der Waals surface area contributed by atoms with Gasteiger partial charge in [0.15, 0.2) is 17.7 Å². The lowest BCUT2D eigenvalue weighted by Crippen LogP contribution is -2.38. The third kappa shape index (κ3) is 5.53. The fourth-order valence-electron chi connectivity index (χ4n) is 2.28. The Kier molecular flexibility index (Phi) is 7.07. The predicted octanol–water partition coefficient (Wildman–Crippen LogP) is 4.39. The molecule has 0 saturated carbocycles. The number of amides is 1. The summed E-state index contributed by atoms with van der Waals surface area (Å²) in [5, 5.41) is 3.55. The Bertz CT molecular complexity index is 661. The molecule has 0 bridgehead atoms. The number of halogens is 2. The molecule has 3 nitrogen and oxygen atoms in total. The molecule has 128 valence electrons. The Balaban J connectivity index is 1.77. The highest BCUT2D eigenvalue weighted by Crippen LogP contribution is 2.18. The Morgan fingerprint density at radius 3 is 2.58 bits per heavy atom. The highest BCUT2D eigenvalue weighted by molar-refractivity contribution is 6.30. The van der Waals surface area contributed by atoms with Crippen molar-refractivity contribution in [3.63, 3.8) is 0 Å². The first kappa shape index (κ1) is 18.3. The highest BCUT2D eigenvalue weighted by Gasteiger charge is 2.19.